The molecule has 2 aromatic heterocycles. The summed E-state index contributed by atoms with van der Waals surface area (Å²) < 4.78 is 3.01. The van der Waals surface area contributed by atoms with Crippen LogP contribution in [0.2, 0.25) is 0 Å². The summed E-state index contributed by atoms with van der Waals surface area (Å²) in [7, 11) is 1.76. The van der Waals surface area contributed by atoms with E-state index in [2.05, 4.69) is 20.8 Å². The van der Waals surface area contributed by atoms with E-state index in [0.29, 0.717) is 5.69 Å². The van der Waals surface area contributed by atoms with E-state index in [9.17, 15) is 14.4 Å². The fourth-order valence-corrected chi connectivity index (χ4v) is 2.04. The molecule has 0 aliphatic carbocycles. The number of aromatic nitrogens is 4. The van der Waals surface area contributed by atoms with Crippen LogP contribution in [0.3, 0.4) is 0 Å². The number of aromatic carboxylic acids is 1. The van der Waals surface area contributed by atoms with E-state index in [-0.39, 0.29) is 43.4 Å². The molecule has 0 aliphatic rings. The largest absolute Gasteiger partial charge is 0.478 e. The van der Waals surface area contributed by atoms with Crippen molar-refractivity contribution in [3.05, 3.63) is 35.4 Å². The van der Waals surface area contributed by atoms with Crippen molar-refractivity contribution in [3.63, 3.8) is 0 Å². The van der Waals surface area contributed by atoms with Gasteiger partial charge in [0.2, 0.25) is 5.91 Å². The Labute approximate surface area is 143 Å². The number of carboxylic acid groups (broad SMARTS) is 1. The molecule has 0 spiro atoms. The molecule has 2 amide bonds. The first kappa shape index (κ1) is 18.2. The van der Waals surface area contributed by atoms with Crippen LogP contribution in [0.1, 0.15) is 33.0 Å². The van der Waals surface area contributed by atoms with Crippen molar-refractivity contribution in [2.45, 2.75) is 19.9 Å². The Morgan fingerprint density at radius 1 is 1.24 bits per heavy atom. The number of carbonyl (C=O) groups excluding carboxylic acids is 2. The molecule has 0 saturated carbocycles. The van der Waals surface area contributed by atoms with Crippen LogP contribution < -0.4 is 10.6 Å². The molecule has 0 aromatic carbocycles. The minimum Gasteiger partial charge on any atom is -0.478 e. The molecule has 0 unspecified atom stereocenters. The third kappa shape index (κ3) is 5.16. The van der Waals surface area contributed by atoms with Gasteiger partial charge in [-0.25, -0.2) is 4.79 Å². The highest BCUT2D eigenvalue weighted by Crippen LogP contribution is 2.00. The van der Waals surface area contributed by atoms with Crippen molar-refractivity contribution in [2.75, 3.05) is 13.1 Å². The number of hydrogen-bond donors (Lipinski definition) is 3. The van der Waals surface area contributed by atoms with Gasteiger partial charge in [0.1, 0.15) is 5.69 Å². The number of carboxylic acids is 1. The Morgan fingerprint density at radius 2 is 1.96 bits per heavy atom. The first-order chi connectivity index (χ1) is 11.9. The fourth-order valence-electron chi connectivity index (χ4n) is 2.04. The average molecular weight is 348 g/mol. The maximum absolute atomic E-state index is 11.9. The zero-order chi connectivity index (χ0) is 18.4. The molecule has 0 radical (unpaired) electrons. The summed E-state index contributed by atoms with van der Waals surface area (Å²) in [5.41, 5.74) is 1.29. The normalized spacial score (nSPS) is 10.5. The summed E-state index contributed by atoms with van der Waals surface area (Å²) in [5.74, 6) is -1.57. The van der Waals surface area contributed by atoms with Gasteiger partial charge >= 0.3 is 5.97 Å². The van der Waals surface area contributed by atoms with Crippen molar-refractivity contribution in [1.29, 1.82) is 0 Å². The standard InChI is InChI=1S/C15H20N6O4/c1-10-7-12(19-20(10)2)14(23)17-5-4-16-13(22)3-6-21-9-11(8-18-21)15(24)25/h7-9H,3-6H2,1-2H3,(H,16,22)(H,17,23)(H,24,25). The lowest BCUT2D eigenvalue weighted by atomic mass is 10.3. The lowest BCUT2D eigenvalue weighted by Gasteiger charge is -2.06. The molecular weight excluding hydrogens is 328 g/mol. The second-order valence-electron chi connectivity index (χ2n) is 5.45. The lowest BCUT2D eigenvalue weighted by molar-refractivity contribution is -0.121. The minimum atomic E-state index is -1.06. The molecule has 2 aromatic rings. The first-order valence-corrected chi connectivity index (χ1v) is 7.68. The fraction of sp³-hybridized carbons (Fsp3) is 0.400. The molecule has 0 atom stereocenters. The first-order valence-electron chi connectivity index (χ1n) is 7.68. The molecule has 2 heterocycles. The second-order valence-corrected chi connectivity index (χ2v) is 5.45. The molecule has 2 rings (SSSR count). The van der Waals surface area contributed by atoms with E-state index in [1.54, 1.807) is 17.8 Å². The summed E-state index contributed by atoms with van der Waals surface area (Å²) >= 11 is 0. The molecule has 0 saturated heterocycles. The number of carbonyl (C=O) groups is 3. The molecule has 10 nitrogen and oxygen atoms in total. The summed E-state index contributed by atoms with van der Waals surface area (Å²) in [6.07, 6.45) is 2.76. The van der Waals surface area contributed by atoms with Gasteiger partial charge in [-0.1, -0.05) is 0 Å². The van der Waals surface area contributed by atoms with E-state index in [4.69, 9.17) is 5.11 Å². The number of hydrogen-bond acceptors (Lipinski definition) is 5. The molecule has 0 aliphatic heterocycles. The zero-order valence-corrected chi connectivity index (χ0v) is 14.0. The molecular formula is C15H20N6O4. The van der Waals surface area contributed by atoms with Gasteiger partial charge in [-0.3, -0.25) is 19.0 Å². The van der Waals surface area contributed by atoms with E-state index in [1.807, 2.05) is 6.92 Å². The Kier molecular flexibility index (Phi) is 5.88. The number of nitrogens with zero attached hydrogens (tertiary/aromatic N) is 4. The van der Waals surface area contributed by atoms with Crippen molar-refractivity contribution < 1.29 is 19.5 Å². The van der Waals surface area contributed by atoms with Gasteiger partial charge < -0.3 is 15.7 Å². The van der Waals surface area contributed by atoms with Crippen molar-refractivity contribution >= 4 is 17.8 Å². The predicted octanol–water partition coefficient (Wildman–Crippen LogP) is -0.440. The Bertz CT molecular complexity index is 759. The molecule has 25 heavy (non-hydrogen) atoms. The molecule has 10 heteroatoms. The average Bonchev–Trinajstić information content (AvgIpc) is 3.17. The molecule has 134 valence electrons. The minimum absolute atomic E-state index is 0.0767. The zero-order valence-electron chi connectivity index (χ0n) is 14.0. The number of amides is 2. The lowest BCUT2D eigenvalue weighted by Crippen LogP contribution is -2.35. The quantitative estimate of drug-likeness (QED) is 0.554. The smallest absolute Gasteiger partial charge is 0.338 e. The van der Waals surface area contributed by atoms with Gasteiger partial charge in [0.15, 0.2) is 0 Å². The highest BCUT2D eigenvalue weighted by atomic mass is 16.4. The summed E-state index contributed by atoms with van der Waals surface area (Å²) in [4.78, 5) is 34.3. The molecule has 0 bridgehead atoms. The van der Waals surface area contributed by atoms with Gasteiger partial charge in [-0.2, -0.15) is 10.2 Å². The monoisotopic (exact) mass is 348 g/mol. The predicted molar refractivity (Wildman–Crippen MR) is 87.1 cm³/mol. The Balaban J connectivity index is 1.64. The van der Waals surface area contributed by atoms with Crippen LogP contribution in [-0.2, 0) is 18.4 Å². The third-order valence-corrected chi connectivity index (χ3v) is 3.53. The van der Waals surface area contributed by atoms with Crippen LogP contribution in [0.15, 0.2) is 18.5 Å². The summed E-state index contributed by atoms with van der Waals surface area (Å²) in [6.45, 7) is 2.70. The Hall–Kier alpha value is -3.17. The van der Waals surface area contributed by atoms with Crippen LogP contribution in [-0.4, -0.2) is 55.5 Å². The van der Waals surface area contributed by atoms with E-state index >= 15 is 0 Å². The van der Waals surface area contributed by atoms with Crippen LogP contribution >= 0.6 is 0 Å². The van der Waals surface area contributed by atoms with Gasteiger partial charge in [-0.15, -0.1) is 0 Å². The number of rotatable bonds is 8. The van der Waals surface area contributed by atoms with Crippen LogP contribution in [0.4, 0.5) is 0 Å². The maximum Gasteiger partial charge on any atom is 0.338 e. The molecule has 3 N–H and O–H groups in total. The van der Waals surface area contributed by atoms with E-state index in [1.165, 1.54) is 17.1 Å². The van der Waals surface area contributed by atoms with E-state index < -0.39 is 5.97 Å². The topological polar surface area (TPSA) is 131 Å². The SMILES string of the molecule is Cc1cc(C(=O)NCCNC(=O)CCn2cc(C(=O)O)cn2)nn1C. The highest BCUT2D eigenvalue weighted by Gasteiger charge is 2.10. The number of nitrogens with one attached hydrogen (secondary N) is 2. The highest BCUT2D eigenvalue weighted by molar-refractivity contribution is 5.92. The van der Waals surface area contributed by atoms with Gasteiger partial charge in [-0.05, 0) is 13.0 Å². The van der Waals surface area contributed by atoms with Crippen LogP contribution in [0, 0.1) is 6.92 Å². The summed E-state index contributed by atoms with van der Waals surface area (Å²) in [5, 5.41) is 22.1. The van der Waals surface area contributed by atoms with Crippen LogP contribution in [0.25, 0.3) is 0 Å². The summed E-state index contributed by atoms with van der Waals surface area (Å²) in [6, 6.07) is 1.68. The third-order valence-electron chi connectivity index (χ3n) is 3.53. The van der Waals surface area contributed by atoms with Crippen molar-refractivity contribution in [1.82, 2.24) is 30.2 Å². The Morgan fingerprint density at radius 3 is 2.56 bits per heavy atom. The maximum atomic E-state index is 11.9. The van der Waals surface area contributed by atoms with Gasteiger partial charge in [0.25, 0.3) is 5.91 Å². The van der Waals surface area contributed by atoms with Gasteiger partial charge in [0.05, 0.1) is 11.8 Å². The van der Waals surface area contributed by atoms with Gasteiger partial charge in [0, 0.05) is 45.0 Å². The molecule has 0 fully saturated rings. The second kappa shape index (κ2) is 8.08. The van der Waals surface area contributed by atoms with E-state index in [0.717, 1.165) is 5.69 Å². The van der Waals surface area contributed by atoms with Crippen molar-refractivity contribution in [3.8, 4) is 0 Å². The number of aryl methyl sites for hydroxylation is 3. The van der Waals surface area contributed by atoms with Crippen molar-refractivity contribution in [2.24, 2.45) is 7.05 Å². The van der Waals surface area contributed by atoms with Crippen LogP contribution in [0.5, 0.6) is 0 Å².